The number of amides is 1. The molecule has 1 aliphatic heterocycles. The third-order valence-corrected chi connectivity index (χ3v) is 4.87. The number of morpholine rings is 1. The van der Waals surface area contributed by atoms with Gasteiger partial charge >= 0.3 is 0 Å². The Morgan fingerprint density at radius 1 is 1.35 bits per heavy atom. The first-order valence-electron chi connectivity index (χ1n) is 8.13. The maximum absolute atomic E-state index is 13.5. The number of aryl methyl sites for hydroxylation is 1. The zero-order valence-electron chi connectivity index (χ0n) is 13.1. The van der Waals surface area contributed by atoms with Crippen molar-refractivity contribution in [3.8, 4) is 0 Å². The van der Waals surface area contributed by atoms with E-state index in [-0.39, 0.29) is 23.9 Å². The van der Waals surface area contributed by atoms with E-state index in [0.717, 1.165) is 25.0 Å². The summed E-state index contributed by atoms with van der Waals surface area (Å²) in [7, 11) is 0. The molecule has 1 aliphatic carbocycles. The zero-order valence-corrected chi connectivity index (χ0v) is 13.1. The number of carbonyl (C=O) groups excluding carboxylic acids is 1. The van der Waals surface area contributed by atoms with Crippen LogP contribution in [-0.4, -0.2) is 41.1 Å². The number of aromatic nitrogens is 1. The molecule has 1 saturated heterocycles. The summed E-state index contributed by atoms with van der Waals surface area (Å²) in [6.07, 6.45) is 3.28. The van der Waals surface area contributed by atoms with Crippen LogP contribution in [0.15, 0.2) is 24.3 Å². The Bertz CT molecular complexity index is 772. The van der Waals surface area contributed by atoms with E-state index >= 15 is 0 Å². The topological polar surface area (TPSA) is 42.4 Å². The van der Waals surface area contributed by atoms with Gasteiger partial charge in [-0.05, 0) is 44.4 Å². The molecule has 2 atom stereocenters. The van der Waals surface area contributed by atoms with Gasteiger partial charge in [-0.15, -0.1) is 0 Å². The molecular formula is C18H19FN2O2. The molecule has 0 bridgehead atoms. The molecule has 23 heavy (non-hydrogen) atoms. The van der Waals surface area contributed by atoms with Crippen LogP contribution in [0.1, 0.15) is 35.3 Å². The molecule has 1 amide bonds. The number of fused-ring (bicyclic) bond motifs is 2. The monoisotopic (exact) mass is 314 g/mol. The third kappa shape index (κ3) is 2.49. The van der Waals surface area contributed by atoms with E-state index in [1.54, 1.807) is 6.07 Å². The Kier molecular flexibility index (Phi) is 3.53. The van der Waals surface area contributed by atoms with Gasteiger partial charge in [0.05, 0.1) is 29.8 Å². The zero-order chi connectivity index (χ0) is 16.0. The number of rotatable bonds is 1. The highest BCUT2D eigenvalue weighted by molar-refractivity contribution is 6.06. The summed E-state index contributed by atoms with van der Waals surface area (Å²) < 4.78 is 19.3. The maximum atomic E-state index is 13.5. The molecule has 5 heteroatoms. The highest BCUT2D eigenvalue weighted by Crippen LogP contribution is 2.31. The summed E-state index contributed by atoms with van der Waals surface area (Å²) in [4.78, 5) is 19.4. The smallest absolute Gasteiger partial charge is 0.255 e. The quantitative estimate of drug-likeness (QED) is 0.812. The van der Waals surface area contributed by atoms with Crippen molar-refractivity contribution in [2.45, 2.75) is 38.3 Å². The lowest BCUT2D eigenvalue weighted by Crippen LogP contribution is -2.51. The number of nitrogens with zero attached hydrogens (tertiary/aromatic N) is 2. The van der Waals surface area contributed by atoms with Crippen molar-refractivity contribution in [2.75, 3.05) is 13.2 Å². The Hall–Kier alpha value is -2.01. The van der Waals surface area contributed by atoms with Crippen molar-refractivity contribution in [1.82, 2.24) is 9.88 Å². The van der Waals surface area contributed by atoms with E-state index in [4.69, 9.17) is 4.74 Å². The van der Waals surface area contributed by atoms with Gasteiger partial charge in [-0.2, -0.15) is 0 Å². The Morgan fingerprint density at radius 3 is 3.09 bits per heavy atom. The molecule has 2 aromatic rings. The van der Waals surface area contributed by atoms with Gasteiger partial charge in [0.2, 0.25) is 0 Å². The summed E-state index contributed by atoms with van der Waals surface area (Å²) in [5, 5.41) is 0.711. The fourth-order valence-corrected chi connectivity index (χ4v) is 3.84. The Balaban J connectivity index is 1.77. The molecule has 2 heterocycles. The van der Waals surface area contributed by atoms with Crippen LogP contribution in [0.25, 0.3) is 10.9 Å². The summed E-state index contributed by atoms with van der Waals surface area (Å²) in [6.45, 7) is 3.03. The van der Waals surface area contributed by atoms with E-state index in [9.17, 15) is 9.18 Å². The van der Waals surface area contributed by atoms with Crippen molar-refractivity contribution in [3.05, 3.63) is 41.3 Å². The molecule has 4 nitrogen and oxygen atoms in total. The Labute approximate surface area is 134 Å². The van der Waals surface area contributed by atoms with Crippen LogP contribution in [0.3, 0.4) is 0 Å². The molecule has 2 aliphatic rings. The largest absolute Gasteiger partial charge is 0.374 e. The van der Waals surface area contributed by atoms with Crippen molar-refractivity contribution >= 4 is 16.8 Å². The molecule has 0 radical (unpaired) electrons. The number of carbonyl (C=O) groups is 1. The van der Waals surface area contributed by atoms with Gasteiger partial charge in [-0.3, -0.25) is 9.78 Å². The van der Waals surface area contributed by atoms with Crippen LogP contribution in [-0.2, 0) is 4.74 Å². The molecule has 120 valence electrons. The van der Waals surface area contributed by atoms with Gasteiger partial charge in [-0.25, -0.2) is 4.39 Å². The predicted octanol–water partition coefficient (Wildman–Crippen LogP) is 3.08. The van der Waals surface area contributed by atoms with Crippen LogP contribution >= 0.6 is 0 Å². The highest BCUT2D eigenvalue weighted by atomic mass is 19.1. The molecule has 1 aromatic carbocycles. The van der Waals surface area contributed by atoms with Gasteiger partial charge in [0, 0.05) is 23.7 Å². The molecule has 1 saturated carbocycles. The van der Waals surface area contributed by atoms with Crippen LogP contribution < -0.4 is 0 Å². The van der Waals surface area contributed by atoms with Crippen LogP contribution in [0.5, 0.6) is 0 Å². The second-order valence-corrected chi connectivity index (χ2v) is 6.38. The number of hydrogen-bond acceptors (Lipinski definition) is 3. The summed E-state index contributed by atoms with van der Waals surface area (Å²) in [6, 6.07) is 6.39. The number of ether oxygens (including phenoxy) is 1. The van der Waals surface area contributed by atoms with Gasteiger partial charge < -0.3 is 9.64 Å². The predicted molar refractivity (Wildman–Crippen MR) is 84.9 cm³/mol. The minimum Gasteiger partial charge on any atom is -0.374 e. The van der Waals surface area contributed by atoms with Crippen molar-refractivity contribution in [3.63, 3.8) is 0 Å². The van der Waals surface area contributed by atoms with Gasteiger partial charge in [0.1, 0.15) is 5.82 Å². The van der Waals surface area contributed by atoms with Crippen molar-refractivity contribution in [1.29, 1.82) is 0 Å². The van der Waals surface area contributed by atoms with Crippen LogP contribution in [0.4, 0.5) is 4.39 Å². The first kappa shape index (κ1) is 14.6. The van der Waals surface area contributed by atoms with Crippen LogP contribution in [0, 0.1) is 12.7 Å². The second kappa shape index (κ2) is 5.57. The molecule has 0 N–H and O–H groups in total. The highest BCUT2D eigenvalue weighted by Gasteiger charge is 2.39. The van der Waals surface area contributed by atoms with Crippen molar-refractivity contribution in [2.24, 2.45) is 0 Å². The molecule has 2 fully saturated rings. The Morgan fingerprint density at radius 2 is 2.22 bits per heavy atom. The minimum atomic E-state index is -0.337. The molecular weight excluding hydrogens is 295 g/mol. The van der Waals surface area contributed by atoms with Gasteiger partial charge in [-0.1, -0.05) is 0 Å². The first-order chi connectivity index (χ1) is 11.1. The fraction of sp³-hybridized carbons (Fsp3) is 0.444. The normalized spacial score (nSPS) is 24.0. The molecule has 1 aromatic heterocycles. The van der Waals surface area contributed by atoms with E-state index in [1.807, 2.05) is 17.9 Å². The van der Waals surface area contributed by atoms with Crippen LogP contribution in [0.2, 0.25) is 0 Å². The molecule has 4 rings (SSSR count). The van der Waals surface area contributed by atoms with Gasteiger partial charge in [0.25, 0.3) is 5.91 Å². The lowest BCUT2D eigenvalue weighted by molar-refractivity contribution is -0.0444. The summed E-state index contributed by atoms with van der Waals surface area (Å²) in [5.74, 6) is -0.330. The molecule has 0 spiro atoms. The number of hydrogen-bond donors (Lipinski definition) is 0. The van der Waals surface area contributed by atoms with E-state index in [1.165, 1.54) is 12.1 Å². The average molecular weight is 314 g/mol. The first-order valence-corrected chi connectivity index (χ1v) is 8.13. The second-order valence-electron chi connectivity index (χ2n) is 6.38. The minimum absolute atomic E-state index is 0.00677. The molecule has 0 unspecified atom stereocenters. The van der Waals surface area contributed by atoms with E-state index in [0.29, 0.717) is 29.6 Å². The summed E-state index contributed by atoms with van der Waals surface area (Å²) >= 11 is 0. The number of benzene rings is 1. The third-order valence-electron chi connectivity index (χ3n) is 4.87. The fourth-order valence-electron chi connectivity index (χ4n) is 3.84. The lowest BCUT2D eigenvalue weighted by atomic mass is 10.0. The maximum Gasteiger partial charge on any atom is 0.255 e. The summed E-state index contributed by atoms with van der Waals surface area (Å²) in [5.41, 5.74) is 1.87. The lowest BCUT2D eigenvalue weighted by Gasteiger charge is -2.38. The number of pyridine rings is 1. The van der Waals surface area contributed by atoms with Gasteiger partial charge in [0.15, 0.2) is 0 Å². The SMILES string of the molecule is Cc1cc(C(=O)N2CCO[C@H]3CCC[C@@H]32)c2ccc(F)cc2n1. The van der Waals surface area contributed by atoms with Crippen molar-refractivity contribution < 1.29 is 13.9 Å². The average Bonchev–Trinajstić information content (AvgIpc) is 3.01. The van der Waals surface area contributed by atoms with E-state index < -0.39 is 0 Å². The number of halogens is 1. The standard InChI is InChI=1S/C18H19FN2O2/c1-11-9-14(13-6-5-12(19)10-15(13)20-11)18(22)21-7-8-23-17-4-2-3-16(17)21/h5-6,9-10,16-17H,2-4,7-8H2,1H3/t16-,17-/m0/s1. The van der Waals surface area contributed by atoms with E-state index in [2.05, 4.69) is 4.98 Å².